The summed E-state index contributed by atoms with van der Waals surface area (Å²) < 4.78 is 54.0. The normalized spacial score (nSPS) is 53.2. The highest BCUT2D eigenvalue weighted by molar-refractivity contribution is 5.79. The minimum atomic E-state index is -0.765. The van der Waals surface area contributed by atoms with E-state index in [-0.39, 0.29) is 110 Å². The molecule has 10 fully saturated rings. The molecule has 0 radical (unpaired) electrons. The third kappa shape index (κ3) is 6.53. The van der Waals surface area contributed by atoms with E-state index in [0.29, 0.717) is 44.4 Å². The van der Waals surface area contributed by atoms with Crippen molar-refractivity contribution in [3.63, 3.8) is 0 Å². The van der Waals surface area contributed by atoms with E-state index in [4.69, 9.17) is 43.6 Å². The fraction of sp³-hybridized carbons (Fsp3) is 0.875. The molecular formula is C40H59NO10. The van der Waals surface area contributed by atoms with E-state index in [0.717, 1.165) is 56.1 Å². The van der Waals surface area contributed by atoms with Gasteiger partial charge in [0.2, 0.25) is 0 Å². The molecule has 4 unspecified atom stereocenters. The van der Waals surface area contributed by atoms with E-state index in [9.17, 15) is 9.90 Å². The number of nitrogens with two attached hydrogens (primary N) is 1. The Morgan fingerprint density at radius 3 is 2.35 bits per heavy atom. The van der Waals surface area contributed by atoms with Crippen molar-refractivity contribution in [2.75, 3.05) is 6.54 Å². The first-order valence-corrected chi connectivity index (χ1v) is 20.1. The summed E-state index contributed by atoms with van der Waals surface area (Å²) in [6.45, 7) is 13.5. The van der Waals surface area contributed by atoms with Crippen molar-refractivity contribution in [1.29, 1.82) is 0 Å². The predicted molar refractivity (Wildman–Crippen MR) is 185 cm³/mol. The second-order valence-electron chi connectivity index (χ2n) is 17.6. The number of fused-ring (bicyclic) bond motifs is 6. The summed E-state index contributed by atoms with van der Waals surface area (Å²) in [5.41, 5.74) is 8.06. The molecule has 0 aromatic carbocycles. The zero-order chi connectivity index (χ0) is 35.2. The van der Waals surface area contributed by atoms with Gasteiger partial charge < -0.3 is 48.7 Å². The second-order valence-corrected chi connectivity index (χ2v) is 17.6. The summed E-state index contributed by atoms with van der Waals surface area (Å²) in [5.74, 6) is -0.222. The van der Waals surface area contributed by atoms with Crippen LogP contribution in [0.4, 0.5) is 0 Å². The molecule has 10 heterocycles. The van der Waals surface area contributed by atoms with Crippen molar-refractivity contribution in [3.8, 4) is 0 Å². The number of rotatable bonds is 3. The molecule has 0 aliphatic carbocycles. The predicted octanol–water partition coefficient (Wildman–Crippen LogP) is 4.06. The lowest BCUT2D eigenvalue weighted by atomic mass is 9.78. The van der Waals surface area contributed by atoms with Crippen LogP contribution in [0, 0.1) is 17.8 Å². The highest BCUT2D eigenvalue weighted by atomic mass is 16.8. The lowest BCUT2D eigenvalue weighted by molar-refractivity contribution is -0.292. The maximum absolute atomic E-state index is 14.0. The molecule has 12 bridgehead atoms. The molecule has 19 atom stereocenters. The Hall–Kier alpha value is -1.25. The first kappa shape index (κ1) is 35.5. The van der Waals surface area contributed by atoms with Crippen molar-refractivity contribution in [1.82, 2.24) is 0 Å². The lowest BCUT2D eigenvalue weighted by Gasteiger charge is -2.47. The minimum Gasteiger partial charge on any atom is -0.392 e. The average molecular weight is 714 g/mol. The van der Waals surface area contributed by atoms with E-state index < -0.39 is 11.9 Å². The highest BCUT2D eigenvalue weighted by Crippen LogP contribution is 2.54. The van der Waals surface area contributed by atoms with Gasteiger partial charge in [-0.3, -0.25) is 4.79 Å². The number of Topliss-reactive ketones (excluding diaryl/α,β-unsaturated/α-hetero) is 1. The molecule has 11 nitrogen and oxygen atoms in total. The quantitative estimate of drug-likeness (QED) is 0.410. The smallest absolute Gasteiger partial charge is 0.172 e. The second kappa shape index (κ2) is 13.8. The Labute approximate surface area is 302 Å². The molecule has 1 spiro atoms. The van der Waals surface area contributed by atoms with E-state index in [1.165, 1.54) is 0 Å². The van der Waals surface area contributed by atoms with Crippen molar-refractivity contribution in [2.45, 2.75) is 195 Å². The standard InChI is InChI=1S/C40H59NO10/c1-19-11-25-5-7-29-20(2)12-27(44-29)9-10-40-17-34-36(50-40)37-38(49-34)39(51-40)35-30(48-37)8-6-26(46-35)13-23(42)14-28-22(4)31(15-24(43)18-41)47-33(28)16-32(45-25)21(19)3/h19,22,24-39,43H,2-3,5-18,41H2,1,4H3/t19-,22-,24+,25+,26?,27+,28-,29+,30?,31-,32-,33+,34+,35?,36?,37+,38-,39+,40+/m1/s1. The van der Waals surface area contributed by atoms with E-state index in [2.05, 4.69) is 27.0 Å². The fourth-order valence-electron chi connectivity index (χ4n) is 11.3. The summed E-state index contributed by atoms with van der Waals surface area (Å²) in [6, 6.07) is 0. The molecule has 0 aromatic heterocycles. The van der Waals surface area contributed by atoms with Gasteiger partial charge in [-0.1, -0.05) is 27.0 Å². The van der Waals surface area contributed by atoms with Crippen LogP contribution < -0.4 is 5.73 Å². The molecule has 51 heavy (non-hydrogen) atoms. The van der Waals surface area contributed by atoms with Crippen LogP contribution in [0.2, 0.25) is 0 Å². The highest BCUT2D eigenvalue weighted by Gasteiger charge is 2.68. The monoisotopic (exact) mass is 713 g/mol. The molecular weight excluding hydrogens is 654 g/mol. The van der Waals surface area contributed by atoms with Crippen LogP contribution in [0.5, 0.6) is 0 Å². The first-order valence-electron chi connectivity index (χ1n) is 20.1. The molecule has 0 saturated carbocycles. The topological polar surface area (TPSA) is 137 Å². The van der Waals surface area contributed by atoms with Crippen LogP contribution in [0.3, 0.4) is 0 Å². The van der Waals surface area contributed by atoms with Gasteiger partial charge in [0.1, 0.15) is 36.3 Å². The number of hydrogen-bond acceptors (Lipinski definition) is 11. The largest absolute Gasteiger partial charge is 0.392 e. The molecule has 11 heteroatoms. The van der Waals surface area contributed by atoms with Gasteiger partial charge >= 0.3 is 0 Å². The molecule has 0 aromatic rings. The minimum absolute atomic E-state index is 0.00127. The van der Waals surface area contributed by atoms with Crippen LogP contribution >= 0.6 is 0 Å². The van der Waals surface area contributed by atoms with Crippen molar-refractivity contribution in [2.24, 2.45) is 23.5 Å². The van der Waals surface area contributed by atoms with Gasteiger partial charge in [0.15, 0.2) is 5.79 Å². The summed E-state index contributed by atoms with van der Waals surface area (Å²) >= 11 is 0. The maximum Gasteiger partial charge on any atom is 0.172 e. The Kier molecular flexibility index (Phi) is 9.59. The summed E-state index contributed by atoms with van der Waals surface area (Å²) in [7, 11) is 0. The number of ketones is 1. The number of aliphatic hydroxyl groups is 1. The van der Waals surface area contributed by atoms with Gasteiger partial charge in [0, 0.05) is 45.1 Å². The number of ether oxygens (including phenoxy) is 8. The number of hydrogen-bond donors (Lipinski definition) is 2. The molecule has 10 aliphatic rings. The van der Waals surface area contributed by atoms with Gasteiger partial charge in [-0.05, 0) is 73.8 Å². The summed E-state index contributed by atoms with van der Waals surface area (Å²) in [4.78, 5) is 14.0. The third-order valence-electron chi connectivity index (χ3n) is 14.2. The average Bonchev–Trinajstić information content (AvgIpc) is 3.77. The Morgan fingerprint density at radius 1 is 0.765 bits per heavy atom. The first-order chi connectivity index (χ1) is 24.6. The molecule has 10 aliphatic heterocycles. The van der Waals surface area contributed by atoms with Gasteiger partial charge in [0.25, 0.3) is 0 Å². The van der Waals surface area contributed by atoms with E-state index >= 15 is 0 Å². The van der Waals surface area contributed by atoms with Crippen LogP contribution in [0.15, 0.2) is 24.3 Å². The van der Waals surface area contributed by atoms with Crippen LogP contribution in [0.1, 0.15) is 97.3 Å². The van der Waals surface area contributed by atoms with Gasteiger partial charge in [-0.2, -0.15) is 0 Å². The van der Waals surface area contributed by atoms with Crippen molar-refractivity contribution in [3.05, 3.63) is 24.3 Å². The molecule has 284 valence electrons. The Bertz CT molecular complexity index is 1360. The molecule has 10 rings (SSSR count). The Morgan fingerprint density at radius 2 is 1.51 bits per heavy atom. The van der Waals surface area contributed by atoms with E-state index in [1.54, 1.807) is 0 Å². The van der Waals surface area contributed by atoms with Gasteiger partial charge in [-0.15, -0.1) is 0 Å². The van der Waals surface area contributed by atoms with E-state index in [1.807, 2.05) is 0 Å². The summed E-state index contributed by atoms with van der Waals surface area (Å²) in [6.07, 6.45) is 6.43. The van der Waals surface area contributed by atoms with Crippen molar-refractivity contribution < 1.29 is 47.8 Å². The zero-order valence-corrected chi connectivity index (χ0v) is 30.4. The maximum atomic E-state index is 14.0. The van der Waals surface area contributed by atoms with Crippen molar-refractivity contribution >= 4 is 5.78 Å². The van der Waals surface area contributed by atoms with Crippen LogP contribution in [-0.4, -0.2) is 115 Å². The fourth-order valence-corrected chi connectivity index (χ4v) is 11.3. The van der Waals surface area contributed by atoms with Crippen LogP contribution in [0.25, 0.3) is 0 Å². The molecule has 10 saturated heterocycles. The number of aliphatic hydroxyl groups excluding tert-OH is 1. The third-order valence-corrected chi connectivity index (χ3v) is 14.2. The lowest BCUT2D eigenvalue weighted by Crippen LogP contribution is -2.61. The summed E-state index contributed by atoms with van der Waals surface area (Å²) in [5, 5.41) is 10.5. The molecule has 0 amide bonds. The van der Waals surface area contributed by atoms with Crippen LogP contribution in [-0.2, 0) is 42.7 Å². The molecule has 3 N–H and O–H groups in total. The van der Waals surface area contributed by atoms with Gasteiger partial charge in [-0.25, -0.2) is 0 Å². The SMILES string of the molecule is C=C1C[C@@H]2CC[C@@]34C[C@@H]5O[C@H]6[C@@H](O3)C3OC(CCC3O[C@H]6C5O4)CC(=O)C[C@@H]3[C@@H](C)[C@@H](C[C@H](O)CN)O[C@H]3C[C@H]3O[C@@H](CC[C@@H]1O2)C[C@@H](C)C3=C. The number of carbonyl (C=O) groups excluding carboxylic acids is 1. The number of carbonyl (C=O) groups is 1. The van der Waals surface area contributed by atoms with Gasteiger partial charge in [0.05, 0.1) is 61.0 Å². The zero-order valence-electron chi connectivity index (χ0n) is 30.4. The Balaban J connectivity index is 0.986.